The molecule has 0 fully saturated rings. The van der Waals surface area contributed by atoms with Gasteiger partial charge in [-0.15, -0.1) is 0 Å². The quantitative estimate of drug-likeness (QED) is 0.476. The van der Waals surface area contributed by atoms with Crippen LogP contribution in [0.4, 0.5) is 4.39 Å². The standard InChI is InChI=1S/C21H27FN4/c1-23-21(25-15-17-6-4-9-20(22)14-17)24-11-5-12-26-13-10-18-7-2-3-8-19(18)16-26/h2-4,6-9,14H,5,10-13,15-16H2,1H3,(H2,23,24,25). The molecule has 1 aliphatic heterocycles. The number of rotatable bonds is 6. The molecule has 4 nitrogen and oxygen atoms in total. The minimum absolute atomic E-state index is 0.213. The first kappa shape index (κ1) is 18.4. The van der Waals surface area contributed by atoms with E-state index in [0.29, 0.717) is 6.54 Å². The van der Waals surface area contributed by atoms with E-state index in [0.717, 1.165) is 50.5 Å². The van der Waals surface area contributed by atoms with Gasteiger partial charge in [0.2, 0.25) is 0 Å². The van der Waals surface area contributed by atoms with Crippen LogP contribution in [-0.4, -0.2) is 37.5 Å². The largest absolute Gasteiger partial charge is 0.356 e. The Kier molecular flexibility index (Phi) is 6.61. The third-order valence-electron chi connectivity index (χ3n) is 4.73. The monoisotopic (exact) mass is 354 g/mol. The number of nitrogens with one attached hydrogen (secondary N) is 2. The number of benzene rings is 2. The lowest BCUT2D eigenvalue weighted by Gasteiger charge is -2.28. The summed E-state index contributed by atoms with van der Waals surface area (Å²) in [4.78, 5) is 6.73. The van der Waals surface area contributed by atoms with E-state index in [2.05, 4.69) is 44.8 Å². The number of hydrogen-bond acceptors (Lipinski definition) is 2. The summed E-state index contributed by atoms with van der Waals surface area (Å²) < 4.78 is 13.2. The highest BCUT2D eigenvalue weighted by Gasteiger charge is 2.14. The van der Waals surface area contributed by atoms with Crippen molar-refractivity contribution in [3.8, 4) is 0 Å². The average molecular weight is 354 g/mol. The molecule has 0 atom stereocenters. The normalized spacial score (nSPS) is 14.8. The highest BCUT2D eigenvalue weighted by atomic mass is 19.1. The van der Waals surface area contributed by atoms with E-state index in [1.807, 2.05) is 6.07 Å². The summed E-state index contributed by atoms with van der Waals surface area (Å²) >= 11 is 0. The Hall–Kier alpha value is -2.40. The van der Waals surface area contributed by atoms with Gasteiger partial charge in [0.25, 0.3) is 0 Å². The van der Waals surface area contributed by atoms with Gasteiger partial charge in [-0.05, 0) is 41.7 Å². The minimum atomic E-state index is -0.213. The molecule has 0 aliphatic carbocycles. The Balaban J connectivity index is 1.36. The lowest BCUT2D eigenvalue weighted by Crippen LogP contribution is -2.39. The third-order valence-corrected chi connectivity index (χ3v) is 4.73. The Labute approximate surface area is 155 Å². The van der Waals surface area contributed by atoms with E-state index in [-0.39, 0.29) is 5.82 Å². The maximum atomic E-state index is 13.2. The summed E-state index contributed by atoms with van der Waals surface area (Å²) in [6, 6.07) is 15.3. The molecule has 138 valence electrons. The van der Waals surface area contributed by atoms with Gasteiger partial charge in [-0.1, -0.05) is 36.4 Å². The van der Waals surface area contributed by atoms with Crippen molar-refractivity contribution in [2.24, 2.45) is 4.99 Å². The zero-order valence-corrected chi connectivity index (χ0v) is 15.3. The van der Waals surface area contributed by atoms with E-state index >= 15 is 0 Å². The molecule has 0 saturated heterocycles. The van der Waals surface area contributed by atoms with Crippen molar-refractivity contribution >= 4 is 5.96 Å². The molecular formula is C21H27FN4. The minimum Gasteiger partial charge on any atom is -0.356 e. The zero-order valence-electron chi connectivity index (χ0n) is 15.3. The fraction of sp³-hybridized carbons (Fsp3) is 0.381. The molecule has 0 amide bonds. The molecule has 0 aromatic heterocycles. The molecule has 0 bridgehead atoms. The van der Waals surface area contributed by atoms with E-state index in [1.165, 1.54) is 23.3 Å². The van der Waals surface area contributed by atoms with E-state index in [4.69, 9.17) is 0 Å². The van der Waals surface area contributed by atoms with Gasteiger partial charge in [-0.3, -0.25) is 9.89 Å². The van der Waals surface area contributed by atoms with Crippen LogP contribution in [0.5, 0.6) is 0 Å². The predicted octanol–water partition coefficient (Wildman–Crippen LogP) is 2.94. The summed E-state index contributed by atoms with van der Waals surface area (Å²) in [5, 5.41) is 6.55. The molecule has 1 heterocycles. The van der Waals surface area contributed by atoms with Crippen molar-refractivity contribution < 1.29 is 4.39 Å². The average Bonchev–Trinajstić information content (AvgIpc) is 2.67. The molecular weight excluding hydrogens is 327 g/mol. The molecule has 0 spiro atoms. The summed E-state index contributed by atoms with van der Waals surface area (Å²) in [5.74, 6) is 0.536. The molecule has 5 heteroatoms. The van der Waals surface area contributed by atoms with Crippen LogP contribution in [0.25, 0.3) is 0 Å². The van der Waals surface area contributed by atoms with Crippen molar-refractivity contribution in [2.45, 2.75) is 25.9 Å². The molecule has 2 aromatic carbocycles. The Morgan fingerprint density at radius 2 is 1.96 bits per heavy atom. The van der Waals surface area contributed by atoms with E-state index in [1.54, 1.807) is 13.1 Å². The first-order valence-electron chi connectivity index (χ1n) is 9.22. The maximum absolute atomic E-state index is 13.2. The molecule has 0 unspecified atom stereocenters. The van der Waals surface area contributed by atoms with Crippen LogP contribution in [0.1, 0.15) is 23.1 Å². The van der Waals surface area contributed by atoms with Crippen molar-refractivity contribution in [3.05, 3.63) is 71.0 Å². The smallest absolute Gasteiger partial charge is 0.191 e. The first-order chi connectivity index (χ1) is 12.7. The predicted molar refractivity (Wildman–Crippen MR) is 105 cm³/mol. The number of hydrogen-bond donors (Lipinski definition) is 2. The lowest BCUT2D eigenvalue weighted by molar-refractivity contribution is 0.251. The van der Waals surface area contributed by atoms with Gasteiger partial charge in [0.15, 0.2) is 5.96 Å². The van der Waals surface area contributed by atoms with Crippen LogP contribution in [0, 0.1) is 5.82 Å². The highest BCUT2D eigenvalue weighted by molar-refractivity contribution is 5.79. The second-order valence-corrected chi connectivity index (χ2v) is 6.63. The van der Waals surface area contributed by atoms with E-state index < -0.39 is 0 Å². The summed E-state index contributed by atoms with van der Waals surface area (Å²) in [7, 11) is 1.75. The number of halogens is 1. The van der Waals surface area contributed by atoms with Crippen LogP contribution < -0.4 is 10.6 Å². The number of aliphatic imine (C=N–C) groups is 1. The molecule has 1 aliphatic rings. The van der Waals surface area contributed by atoms with Gasteiger partial charge < -0.3 is 10.6 Å². The highest BCUT2D eigenvalue weighted by Crippen LogP contribution is 2.18. The summed E-state index contributed by atoms with van der Waals surface area (Å²) in [5.41, 5.74) is 3.85. The SMILES string of the molecule is CN=C(NCCCN1CCc2ccccc2C1)NCc1cccc(F)c1. The van der Waals surface area contributed by atoms with Gasteiger partial charge in [0.1, 0.15) is 5.82 Å². The number of guanidine groups is 1. The van der Waals surface area contributed by atoms with Gasteiger partial charge in [-0.2, -0.15) is 0 Å². The van der Waals surface area contributed by atoms with Crippen LogP contribution in [0.15, 0.2) is 53.5 Å². The van der Waals surface area contributed by atoms with Crippen LogP contribution >= 0.6 is 0 Å². The van der Waals surface area contributed by atoms with Crippen molar-refractivity contribution in [1.82, 2.24) is 15.5 Å². The number of fused-ring (bicyclic) bond motifs is 1. The molecule has 2 aromatic rings. The molecule has 26 heavy (non-hydrogen) atoms. The van der Waals surface area contributed by atoms with Crippen molar-refractivity contribution in [3.63, 3.8) is 0 Å². The zero-order chi connectivity index (χ0) is 18.2. The van der Waals surface area contributed by atoms with Gasteiger partial charge in [-0.25, -0.2) is 4.39 Å². The lowest BCUT2D eigenvalue weighted by atomic mass is 10.00. The first-order valence-corrected chi connectivity index (χ1v) is 9.22. The van der Waals surface area contributed by atoms with Crippen molar-refractivity contribution in [2.75, 3.05) is 26.7 Å². The van der Waals surface area contributed by atoms with Crippen LogP contribution in [0.2, 0.25) is 0 Å². The Morgan fingerprint density at radius 1 is 1.12 bits per heavy atom. The van der Waals surface area contributed by atoms with Gasteiger partial charge in [0.05, 0.1) is 0 Å². The van der Waals surface area contributed by atoms with Gasteiger partial charge >= 0.3 is 0 Å². The van der Waals surface area contributed by atoms with E-state index in [9.17, 15) is 4.39 Å². The van der Waals surface area contributed by atoms with Gasteiger partial charge in [0, 0.05) is 39.8 Å². The summed E-state index contributed by atoms with van der Waals surface area (Å²) in [6.07, 6.45) is 2.20. The fourth-order valence-electron chi connectivity index (χ4n) is 3.31. The van der Waals surface area contributed by atoms with Crippen LogP contribution in [-0.2, 0) is 19.5 Å². The molecule has 0 radical (unpaired) electrons. The molecule has 2 N–H and O–H groups in total. The summed E-state index contributed by atoms with van der Waals surface area (Å²) in [6.45, 7) is 4.66. The van der Waals surface area contributed by atoms with Crippen molar-refractivity contribution in [1.29, 1.82) is 0 Å². The second-order valence-electron chi connectivity index (χ2n) is 6.63. The Morgan fingerprint density at radius 3 is 2.77 bits per heavy atom. The number of nitrogens with zero attached hydrogens (tertiary/aromatic N) is 2. The Bertz CT molecular complexity index is 744. The molecule has 0 saturated carbocycles. The third kappa shape index (κ3) is 5.30. The molecule has 3 rings (SSSR count). The fourth-order valence-corrected chi connectivity index (χ4v) is 3.31. The maximum Gasteiger partial charge on any atom is 0.191 e. The van der Waals surface area contributed by atoms with Crippen LogP contribution in [0.3, 0.4) is 0 Å². The topological polar surface area (TPSA) is 39.7 Å². The second kappa shape index (κ2) is 9.34.